The quantitative estimate of drug-likeness (QED) is 0.843. The smallest absolute Gasteiger partial charge is 0.408 e. The Balaban J connectivity index is 1.71. The molecule has 0 bridgehead atoms. The van der Waals surface area contributed by atoms with Crippen LogP contribution >= 0.6 is 0 Å². The van der Waals surface area contributed by atoms with Crippen LogP contribution in [0.15, 0.2) is 48.7 Å². The van der Waals surface area contributed by atoms with Crippen LogP contribution in [0.25, 0.3) is 0 Å². The predicted molar refractivity (Wildman–Crippen MR) is 80.2 cm³/mol. The minimum atomic E-state index is -0.497. The van der Waals surface area contributed by atoms with Crippen molar-refractivity contribution >= 4 is 11.9 Å². The molecule has 1 amide bonds. The number of hydrogen-bond donors (Lipinski definition) is 2. The Bertz CT molecular complexity index is 643. The van der Waals surface area contributed by atoms with E-state index in [1.54, 1.807) is 18.3 Å². The second kappa shape index (κ2) is 7.56. The van der Waals surface area contributed by atoms with E-state index in [1.807, 2.05) is 30.3 Å². The molecule has 1 aromatic carbocycles. The van der Waals surface area contributed by atoms with Crippen molar-refractivity contribution in [3.63, 3.8) is 0 Å². The molecule has 1 heterocycles. The lowest BCUT2D eigenvalue weighted by Crippen LogP contribution is -2.24. The number of nitrogen functional groups attached to an aromatic ring is 1. The third-order valence-corrected chi connectivity index (χ3v) is 2.55. The third-order valence-electron chi connectivity index (χ3n) is 2.55. The lowest BCUT2D eigenvalue weighted by atomic mass is 10.2. The number of amides is 1. The number of nitrogens with one attached hydrogen (secondary N) is 1. The molecule has 5 heteroatoms. The molecule has 2 rings (SSSR count). The SMILES string of the molecule is Nc1ccc(C#CCNC(=O)OCc2ccccc2)cn1. The highest BCUT2D eigenvalue weighted by atomic mass is 16.5. The van der Waals surface area contributed by atoms with Gasteiger partial charge in [0.2, 0.25) is 0 Å². The first-order valence-electron chi connectivity index (χ1n) is 6.39. The fourth-order valence-corrected chi connectivity index (χ4v) is 1.52. The van der Waals surface area contributed by atoms with Crippen LogP contribution in [0.5, 0.6) is 0 Å². The van der Waals surface area contributed by atoms with Crippen LogP contribution in [-0.2, 0) is 11.3 Å². The van der Waals surface area contributed by atoms with Gasteiger partial charge in [-0.3, -0.25) is 0 Å². The zero-order valence-corrected chi connectivity index (χ0v) is 11.4. The summed E-state index contributed by atoms with van der Waals surface area (Å²) < 4.78 is 5.05. The van der Waals surface area contributed by atoms with Crippen molar-refractivity contribution in [2.45, 2.75) is 6.61 Å². The Hall–Kier alpha value is -3.00. The maximum absolute atomic E-state index is 11.4. The van der Waals surface area contributed by atoms with Crippen molar-refractivity contribution in [2.24, 2.45) is 0 Å². The topological polar surface area (TPSA) is 77.2 Å². The number of nitrogens with zero attached hydrogens (tertiary/aromatic N) is 1. The molecule has 3 N–H and O–H groups in total. The molecule has 2 aromatic rings. The highest BCUT2D eigenvalue weighted by Crippen LogP contribution is 2.00. The van der Waals surface area contributed by atoms with Crippen LogP contribution in [0.3, 0.4) is 0 Å². The molecular weight excluding hydrogens is 266 g/mol. The summed E-state index contributed by atoms with van der Waals surface area (Å²) in [5.74, 6) is 6.12. The van der Waals surface area contributed by atoms with Gasteiger partial charge in [0, 0.05) is 11.8 Å². The minimum absolute atomic E-state index is 0.206. The molecule has 0 aliphatic rings. The van der Waals surface area contributed by atoms with Gasteiger partial charge in [0.05, 0.1) is 6.54 Å². The molecular formula is C16H15N3O2. The first-order valence-corrected chi connectivity index (χ1v) is 6.39. The van der Waals surface area contributed by atoms with E-state index in [9.17, 15) is 4.79 Å². The number of benzene rings is 1. The van der Waals surface area contributed by atoms with Gasteiger partial charge in [-0.1, -0.05) is 42.2 Å². The standard InChI is InChI=1S/C16H15N3O2/c17-15-9-8-13(11-19-15)7-4-10-18-16(20)21-12-14-5-2-1-3-6-14/h1-3,5-6,8-9,11H,10,12H2,(H2,17,19)(H,18,20). The molecule has 0 saturated carbocycles. The summed E-state index contributed by atoms with van der Waals surface area (Å²) >= 11 is 0. The predicted octanol–water partition coefficient (Wildman–Crippen LogP) is 1.94. The molecule has 0 aliphatic heterocycles. The average molecular weight is 281 g/mol. The number of pyridine rings is 1. The molecule has 0 spiro atoms. The monoisotopic (exact) mass is 281 g/mol. The van der Waals surface area contributed by atoms with Crippen molar-refractivity contribution in [3.8, 4) is 11.8 Å². The van der Waals surface area contributed by atoms with Crippen LogP contribution in [-0.4, -0.2) is 17.6 Å². The maximum Gasteiger partial charge on any atom is 0.408 e. The summed E-state index contributed by atoms with van der Waals surface area (Å²) in [6.07, 6.45) is 1.08. The Morgan fingerprint density at radius 2 is 2.05 bits per heavy atom. The Morgan fingerprint density at radius 1 is 1.24 bits per heavy atom. The second-order valence-corrected chi connectivity index (χ2v) is 4.19. The largest absolute Gasteiger partial charge is 0.445 e. The Morgan fingerprint density at radius 3 is 2.76 bits per heavy atom. The van der Waals surface area contributed by atoms with Gasteiger partial charge in [0.15, 0.2) is 0 Å². The van der Waals surface area contributed by atoms with E-state index in [-0.39, 0.29) is 13.2 Å². The minimum Gasteiger partial charge on any atom is -0.445 e. The van der Waals surface area contributed by atoms with Crippen molar-refractivity contribution in [1.82, 2.24) is 10.3 Å². The zero-order chi connectivity index (χ0) is 14.9. The molecule has 0 saturated heterocycles. The number of nitrogens with two attached hydrogens (primary N) is 1. The van der Waals surface area contributed by atoms with Gasteiger partial charge < -0.3 is 15.8 Å². The second-order valence-electron chi connectivity index (χ2n) is 4.19. The van der Waals surface area contributed by atoms with Crippen molar-refractivity contribution in [1.29, 1.82) is 0 Å². The fraction of sp³-hybridized carbons (Fsp3) is 0.125. The Labute approximate surface area is 123 Å². The van der Waals surface area contributed by atoms with Crippen molar-refractivity contribution in [3.05, 3.63) is 59.8 Å². The first-order chi connectivity index (χ1) is 10.2. The normalized spacial score (nSPS) is 9.33. The molecule has 5 nitrogen and oxygen atoms in total. The number of rotatable bonds is 3. The van der Waals surface area contributed by atoms with Gasteiger partial charge in [0.1, 0.15) is 12.4 Å². The summed E-state index contributed by atoms with van der Waals surface area (Å²) in [6.45, 7) is 0.444. The van der Waals surface area contributed by atoms with E-state index in [0.717, 1.165) is 11.1 Å². The fourth-order valence-electron chi connectivity index (χ4n) is 1.52. The van der Waals surface area contributed by atoms with Crippen LogP contribution < -0.4 is 11.1 Å². The summed E-state index contributed by atoms with van der Waals surface area (Å²) in [5.41, 5.74) is 7.15. The zero-order valence-electron chi connectivity index (χ0n) is 11.4. The molecule has 106 valence electrons. The molecule has 1 aromatic heterocycles. The lowest BCUT2D eigenvalue weighted by molar-refractivity contribution is 0.141. The van der Waals surface area contributed by atoms with Crippen molar-refractivity contribution < 1.29 is 9.53 Å². The van der Waals surface area contributed by atoms with E-state index >= 15 is 0 Å². The molecule has 21 heavy (non-hydrogen) atoms. The summed E-state index contributed by atoms with van der Waals surface area (Å²) in [5, 5.41) is 2.55. The van der Waals surface area contributed by atoms with Gasteiger partial charge in [-0.25, -0.2) is 9.78 Å². The molecule has 0 atom stereocenters. The molecule has 0 unspecified atom stereocenters. The van der Waals surface area contributed by atoms with Crippen LogP contribution in [0.1, 0.15) is 11.1 Å². The third kappa shape index (κ3) is 5.25. The van der Waals surface area contributed by atoms with Gasteiger partial charge in [-0.2, -0.15) is 0 Å². The summed E-state index contributed by atoms with van der Waals surface area (Å²) in [7, 11) is 0. The van der Waals surface area contributed by atoms with Gasteiger partial charge in [-0.05, 0) is 17.7 Å². The van der Waals surface area contributed by atoms with Crippen LogP contribution in [0.2, 0.25) is 0 Å². The molecule has 0 aliphatic carbocycles. The number of hydrogen-bond acceptors (Lipinski definition) is 4. The van der Waals surface area contributed by atoms with E-state index < -0.39 is 6.09 Å². The maximum atomic E-state index is 11.4. The van der Waals surface area contributed by atoms with Gasteiger partial charge in [0.25, 0.3) is 0 Å². The average Bonchev–Trinajstić information content (AvgIpc) is 2.52. The van der Waals surface area contributed by atoms with Crippen LogP contribution in [0.4, 0.5) is 10.6 Å². The number of aromatic nitrogens is 1. The summed E-state index contributed by atoms with van der Waals surface area (Å²) in [4.78, 5) is 15.4. The highest BCUT2D eigenvalue weighted by molar-refractivity contribution is 5.67. The lowest BCUT2D eigenvalue weighted by Gasteiger charge is -2.04. The number of anilines is 1. The summed E-state index contributed by atoms with van der Waals surface area (Å²) in [6, 6.07) is 12.9. The van der Waals surface area contributed by atoms with E-state index in [0.29, 0.717) is 5.82 Å². The Kier molecular flexibility index (Phi) is 5.18. The van der Waals surface area contributed by atoms with E-state index in [4.69, 9.17) is 10.5 Å². The number of carbonyl (C=O) groups is 1. The molecule has 0 fully saturated rings. The number of carbonyl (C=O) groups excluding carboxylic acids is 1. The van der Waals surface area contributed by atoms with E-state index in [1.165, 1.54) is 0 Å². The van der Waals surface area contributed by atoms with E-state index in [2.05, 4.69) is 22.1 Å². The van der Waals surface area contributed by atoms with Crippen LogP contribution in [0, 0.1) is 11.8 Å². The van der Waals surface area contributed by atoms with Crippen molar-refractivity contribution in [2.75, 3.05) is 12.3 Å². The molecule has 0 radical (unpaired) electrons. The van der Waals surface area contributed by atoms with Gasteiger partial charge >= 0.3 is 6.09 Å². The highest BCUT2D eigenvalue weighted by Gasteiger charge is 1.99. The number of alkyl carbamates (subject to hydrolysis) is 1. The number of ether oxygens (including phenoxy) is 1. The first kappa shape index (κ1) is 14.4. The van der Waals surface area contributed by atoms with Gasteiger partial charge in [-0.15, -0.1) is 0 Å².